The Labute approximate surface area is 108 Å². The number of hydrogen-bond acceptors (Lipinski definition) is 5. The molecule has 2 aromatic rings. The molecule has 0 fully saturated rings. The maximum atomic E-state index is 5.49. The van der Waals surface area contributed by atoms with E-state index in [9.17, 15) is 0 Å². The smallest absolute Gasteiger partial charge is 0.283 e. The Morgan fingerprint density at radius 3 is 2.76 bits per heavy atom. The Bertz CT molecular complexity index is 479. The number of rotatable bonds is 5. The summed E-state index contributed by atoms with van der Waals surface area (Å²) in [6.07, 6.45) is 0.715. The number of nitrogens with one attached hydrogen (secondary N) is 1. The van der Waals surface area contributed by atoms with Crippen molar-refractivity contribution in [1.82, 2.24) is 15.5 Å². The van der Waals surface area contributed by atoms with Crippen molar-refractivity contribution in [2.45, 2.75) is 26.3 Å². The molecule has 0 atom stereocenters. The lowest BCUT2D eigenvalue weighted by Gasteiger charge is -2.04. The topological polar surface area (TPSA) is 64.1 Å². The largest absolute Gasteiger partial charge is 0.444 e. The molecule has 2 aromatic heterocycles. The predicted molar refractivity (Wildman–Crippen MR) is 66.5 cm³/mol. The third kappa shape index (κ3) is 3.41. The minimum absolute atomic E-state index is 0.412. The van der Waals surface area contributed by atoms with Crippen molar-refractivity contribution in [3.8, 4) is 11.7 Å². The minimum Gasteiger partial charge on any atom is -0.444 e. The van der Waals surface area contributed by atoms with E-state index in [0.717, 1.165) is 6.54 Å². The van der Waals surface area contributed by atoms with Gasteiger partial charge in [-0.1, -0.05) is 13.8 Å². The van der Waals surface area contributed by atoms with Crippen LogP contribution in [0, 0.1) is 0 Å². The Morgan fingerprint density at radius 1 is 1.29 bits per heavy atom. The average molecular weight is 300 g/mol. The van der Waals surface area contributed by atoms with E-state index in [2.05, 4.69) is 45.3 Å². The van der Waals surface area contributed by atoms with Gasteiger partial charge in [0.25, 0.3) is 5.89 Å². The molecule has 0 unspecified atom stereocenters. The summed E-state index contributed by atoms with van der Waals surface area (Å²) in [5.74, 6) is 1.60. The first kappa shape index (κ1) is 12.3. The zero-order valence-corrected chi connectivity index (χ0v) is 11.3. The summed E-state index contributed by atoms with van der Waals surface area (Å²) in [5, 5.41) is 11.2. The summed E-state index contributed by atoms with van der Waals surface area (Å²) in [4.78, 5) is 0. The van der Waals surface area contributed by atoms with Gasteiger partial charge in [-0.15, -0.1) is 10.2 Å². The van der Waals surface area contributed by atoms with Crippen molar-refractivity contribution < 1.29 is 8.83 Å². The number of aromatic nitrogens is 2. The third-order valence-electron chi connectivity index (χ3n) is 2.14. The van der Waals surface area contributed by atoms with Gasteiger partial charge in [0.05, 0.1) is 0 Å². The molecule has 0 aliphatic heterocycles. The van der Waals surface area contributed by atoms with Crippen molar-refractivity contribution in [2.24, 2.45) is 0 Å². The van der Waals surface area contributed by atoms with Crippen LogP contribution in [0.5, 0.6) is 0 Å². The van der Waals surface area contributed by atoms with Crippen LogP contribution in [-0.2, 0) is 6.42 Å². The van der Waals surface area contributed by atoms with Gasteiger partial charge in [0.1, 0.15) is 0 Å². The van der Waals surface area contributed by atoms with Gasteiger partial charge < -0.3 is 14.2 Å². The fourth-order valence-corrected chi connectivity index (χ4v) is 1.66. The highest BCUT2D eigenvalue weighted by Gasteiger charge is 2.11. The van der Waals surface area contributed by atoms with E-state index in [4.69, 9.17) is 8.83 Å². The first-order valence-electron chi connectivity index (χ1n) is 5.46. The number of halogens is 1. The molecule has 0 amide bonds. The molecule has 0 radical (unpaired) electrons. The normalized spacial score (nSPS) is 11.3. The van der Waals surface area contributed by atoms with Gasteiger partial charge >= 0.3 is 0 Å². The summed E-state index contributed by atoms with van der Waals surface area (Å²) in [6, 6.07) is 4.03. The molecule has 0 spiro atoms. The molecule has 0 aliphatic carbocycles. The lowest BCUT2D eigenvalue weighted by Crippen LogP contribution is -2.25. The van der Waals surface area contributed by atoms with Crippen LogP contribution >= 0.6 is 15.9 Å². The highest BCUT2D eigenvalue weighted by Crippen LogP contribution is 2.23. The van der Waals surface area contributed by atoms with E-state index in [1.54, 1.807) is 12.1 Å². The molecule has 6 heteroatoms. The van der Waals surface area contributed by atoms with Gasteiger partial charge in [-0.2, -0.15) is 0 Å². The second-order valence-corrected chi connectivity index (χ2v) is 4.75. The molecule has 0 aromatic carbocycles. The van der Waals surface area contributed by atoms with Gasteiger partial charge in [0.2, 0.25) is 5.89 Å². The number of nitrogens with zero attached hydrogens (tertiary/aromatic N) is 2. The van der Waals surface area contributed by atoms with Crippen LogP contribution in [-0.4, -0.2) is 22.8 Å². The maximum Gasteiger partial charge on any atom is 0.283 e. The van der Waals surface area contributed by atoms with Crippen LogP contribution in [0.2, 0.25) is 0 Å². The SMILES string of the molecule is CC(C)NCCc1nnc(-c2ccc(Br)o2)o1. The van der Waals surface area contributed by atoms with E-state index in [1.807, 2.05) is 0 Å². The van der Waals surface area contributed by atoms with Crippen molar-refractivity contribution in [3.05, 3.63) is 22.7 Å². The molecule has 0 bridgehead atoms. The molecule has 0 saturated carbocycles. The van der Waals surface area contributed by atoms with Crippen LogP contribution in [0.4, 0.5) is 0 Å². The zero-order valence-electron chi connectivity index (χ0n) is 9.74. The zero-order chi connectivity index (χ0) is 12.3. The van der Waals surface area contributed by atoms with Gasteiger partial charge in [-0.05, 0) is 28.1 Å². The van der Waals surface area contributed by atoms with E-state index in [-0.39, 0.29) is 0 Å². The third-order valence-corrected chi connectivity index (χ3v) is 2.57. The van der Waals surface area contributed by atoms with Crippen LogP contribution < -0.4 is 5.32 Å². The Hall–Kier alpha value is -1.14. The standard InChI is InChI=1S/C11H14BrN3O2/c1-7(2)13-6-5-10-14-15-11(17-10)8-3-4-9(12)16-8/h3-4,7,13H,5-6H2,1-2H3. The summed E-state index contributed by atoms with van der Waals surface area (Å²) < 4.78 is 11.5. The highest BCUT2D eigenvalue weighted by molar-refractivity contribution is 9.10. The summed E-state index contributed by atoms with van der Waals surface area (Å²) >= 11 is 3.23. The van der Waals surface area contributed by atoms with Gasteiger partial charge in [0, 0.05) is 19.0 Å². The Balaban J connectivity index is 1.96. The van der Waals surface area contributed by atoms with Crippen LogP contribution in [0.15, 0.2) is 25.6 Å². The molecule has 0 aliphatic rings. The molecular weight excluding hydrogens is 286 g/mol. The monoisotopic (exact) mass is 299 g/mol. The average Bonchev–Trinajstić information content (AvgIpc) is 2.86. The minimum atomic E-state index is 0.412. The van der Waals surface area contributed by atoms with E-state index >= 15 is 0 Å². The molecular formula is C11H14BrN3O2. The Kier molecular flexibility index (Phi) is 3.96. The highest BCUT2D eigenvalue weighted by atomic mass is 79.9. The van der Waals surface area contributed by atoms with Gasteiger partial charge in [-0.3, -0.25) is 0 Å². The second kappa shape index (κ2) is 5.46. The van der Waals surface area contributed by atoms with Crippen LogP contribution in [0.1, 0.15) is 19.7 Å². The first-order valence-corrected chi connectivity index (χ1v) is 6.26. The van der Waals surface area contributed by atoms with E-state index in [1.165, 1.54) is 0 Å². The quantitative estimate of drug-likeness (QED) is 0.919. The number of hydrogen-bond donors (Lipinski definition) is 1. The Morgan fingerprint density at radius 2 is 2.12 bits per heavy atom. The molecule has 0 saturated heterocycles. The van der Waals surface area contributed by atoms with E-state index in [0.29, 0.717) is 34.7 Å². The fourth-order valence-electron chi connectivity index (χ4n) is 1.35. The molecule has 17 heavy (non-hydrogen) atoms. The predicted octanol–water partition coefficient (Wildman–Crippen LogP) is 2.63. The molecule has 2 rings (SSSR count). The second-order valence-electron chi connectivity index (χ2n) is 3.96. The molecule has 2 heterocycles. The van der Waals surface area contributed by atoms with E-state index < -0.39 is 0 Å². The molecule has 92 valence electrons. The van der Waals surface area contributed by atoms with Crippen molar-refractivity contribution in [2.75, 3.05) is 6.54 Å². The van der Waals surface area contributed by atoms with Crippen LogP contribution in [0.25, 0.3) is 11.7 Å². The summed E-state index contributed by atoms with van der Waals surface area (Å²) in [7, 11) is 0. The van der Waals surface area contributed by atoms with Gasteiger partial charge in [-0.25, -0.2) is 0 Å². The van der Waals surface area contributed by atoms with Crippen molar-refractivity contribution in [1.29, 1.82) is 0 Å². The molecule has 5 nitrogen and oxygen atoms in total. The summed E-state index contributed by atoms with van der Waals surface area (Å²) in [5.41, 5.74) is 0. The lowest BCUT2D eigenvalue weighted by molar-refractivity contribution is 0.463. The summed E-state index contributed by atoms with van der Waals surface area (Å²) in [6.45, 7) is 5.01. The lowest BCUT2D eigenvalue weighted by atomic mass is 10.3. The number of furan rings is 1. The van der Waals surface area contributed by atoms with Crippen molar-refractivity contribution in [3.63, 3.8) is 0 Å². The molecule has 1 N–H and O–H groups in total. The fraction of sp³-hybridized carbons (Fsp3) is 0.455. The van der Waals surface area contributed by atoms with Crippen molar-refractivity contribution >= 4 is 15.9 Å². The first-order chi connectivity index (χ1) is 8.15. The van der Waals surface area contributed by atoms with Crippen LogP contribution in [0.3, 0.4) is 0 Å². The maximum absolute atomic E-state index is 5.49. The van der Waals surface area contributed by atoms with Gasteiger partial charge in [0.15, 0.2) is 10.4 Å².